The third kappa shape index (κ3) is 3.14. The summed E-state index contributed by atoms with van der Waals surface area (Å²) in [6.45, 7) is 5.36. The fraction of sp³-hybridized carbons (Fsp3) is 1.00. The summed E-state index contributed by atoms with van der Waals surface area (Å²) in [7, 11) is -2.95. The van der Waals surface area contributed by atoms with Gasteiger partial charge in [-0.25, -0.2) is 12.7 Å². The largest absolute Gasteiger partial charge is 0.214 e. The van der Waals surface area contributed by atoms with Crippen molar-refractivity contribution < 1.29 is 8.42 Å². The first-order valence-electron chi connectivity index (χ1n) is 4.65. The molecule has 0 aromatic carbocycles. The van der Waals surface area contributed by atoms with Crippen molar-refractivity contribution >= 4 is 21.8 Å². The van der Waals surface area contributed by atoms with E-state index in [4.69, 9.17) is 0 Å². The lowest BCUT2D eigenvalue weighted by Gasteiger charge is -2.29. The molecule has 1 atom stereocenters. The van der Waals surface area contributed by atoms with E-state index in [1.165, 1.54) is 0 Å². The minimum Gasteiger partial charge on any atom is -0.212 e. The predicted molar refractivity (Wildman–Crippen MR) is 57.6 cm³/mol. The van der Waals surface area contributed by atoms with Gasteiger partial charge in [0.2, 0.25) is 10.0 Å². The van der Waals surface area contributed by atoms with Crippen LogP contribution in [0.15, 0.2) is 0 Å². The van der Waals surface area contributed by atoms with Crippen LogP contribution in [0.5, 0.6) is 0 Å². The lowest BCUT2D eigenvalue weighted by Crippen LogP contribution is -2.42. The lowest BCUT2D eigenvalue weighted by molar-refractivity contribution is 0.424. The van der Waals surface area contributed by atoms with Gasteiger partial charge in [0.25, 0.3) is 0 Å². The molecule has 0 spiro atoms. The van der Waals surface area contributed by atoms with Crippen LogP contribution in [-0.2, 0) is 10.0 Å². The van der Waals surface area contributed by atoms with Gasteiger partial charge in [-0.2, -0.15) is 11.8 Å². The average Bonchev–Trinajstić information content (AvgIpc) is 2.04. The number of nitrogens with zero attached hydrogens (tertiary/aromatic N) is 1. The van der Waals surface area contributed by atoms with Crippen molar-refractivity contribution in [1.82, 2.24) is 4.31 Å². The molecule has 0 aromatic rings. The summed E-state index contributed by atoms with van der Waals surface area (Å²) in [6, 6.07) is 0. The molecule has 0 aromatic heterocycles. The van der Waals surface area contributed by atoms with Crippen molar-refractivity contribution in [2.45, 2.75) is 25.5 Å². The van der Waals surface area contributed by atoms with Gasteiger partial charge in [-0.3, -0.25) is 0 Å². The molecule has 0 N–H and O–H groups in total. The van der Waals surface area contributed by atoms with Crippen LogP contribution in [0.4, 0.5) is 0 Å². The van der Waals surface area contributed by atoms with Crippen molar-refractivity contribution in [3.05, 3.63) is 0 Å². The standard InChI is InChI=1S/C8H17NO2S2/c1-3-6-13(10,11)9-4-5-12-8(2)7-9/h8H,3-7H2,1-2H3. The van der Waals surface area contributed by atoms with E-state index in [2.05, 4.69) is 6.92 Å². The molecule has 78 valence electrons. The minimum absolute atomic E-state index is 0.296. The van der Waals surface area contributed by atoms with Gasteiger partial charge >= 0.3 is 0 Å². The molecule has 0 amide bonds. The molecule has 1 fully saturated rings. The normalized spacial score (nSPS) is 26.2. The fourth-order valence-corrected chi connectivity index (χ4v) is 4.24. The summed E-state index contributed by atoms with van der Waals surface area (Å²) in [5.41, 5.74) is 0. The zero-order chi connectivity index (χ0) is 9.90. The van der Waals surface area contributed by atoms with Gasteiger partial charge in [-0.1, -0.05) is 13.8 Å². The van der Waals surface area contributed by atoms with E-state index in [0.717, 1.165) is 5.75 Å². The Bertz CT molecular complexity index is 251. The third-order valence-corrected chi connectivity index (χ3v) is 5.24. The Balaban J connectivity index is 2.60. The zero-order valence-electron chi connectivity index (χ0n) is 8.19. The van der Waals surface area contributed by atoms with Crippen LogP contribution in [0.2, 0.25) is 0 Å². The van der Waals surface area contributed by atoms with Crippen molar-refractivity contribution in [2.24, 2.45) is 0 Å². The van der Waals surface area contributed by atoms with E-state index in [9.17, 15) is 8.42 Å². The number of hydrogen-bond donors (Lipinski definition) is 0. The van der Waals surface area contributed by atoms with E-state index in [1.54, 1.807) is 4.31 Å². The molecule has 3 nitrogen and oxygen atoms in total. The highest BCUT2D eigenvalue weighted by Crippen LogP contribution is 2.20. The Labute approximate surface area is 84.9 Å². The quantitative estimate of drug-likeness (QED) is 0.720. The van der Waals surface area contributed by atoms with Gasteiger partial charge < -0.3 is 0 Å². The minimum atomic E-state index is -2.95. The van der Waals surface area contributed by atoms with E-state index in [1.807, 2.05) is 18.7 Å². The summed E-state index contributed by atoms with van der Waals surface area (Å²) in [5.74, 6) is 1.23. The molecule has 13 heavy (non-hydrogen) atoms. The van der Waals surface area contributed by atoms with Crippen molar-refractivity contribution in [3.8, 4) is 0 Å². The SMILES string of the molecule is CCCS(=O)(=O)N1CCSC(C)C1. The number of sulfonamides is 1. The maximum Gasteiger partial charge on any atom is 0.214 e. The summed E-state index contributed by atoms with van der Waals surface area (Å²) in [4.78, 5) is 0. The van der Waals surface area contributed by atoms with Crippen LogP contribution in [0.25, 0.3) is 0 Å². The Kier molecular flexibility index (Phi) is 4.06. The van der Waals surface area contributed by atoms with Crippen molar-refractivity contribution in [3.63, 3.8) is 0 Å². The molecule has 1 unspecified atom stereocenters. The maximum absolute atomic E-state index is 11.6. The van der Waals surface area contributed by atoms with Gasteiger partial charge in [0.1, 0.15) is 0 Å². The van der Waals surface area contributed by atoms with E-state index in [0.29, 0.717) is 30.5 Å². The lowest BCUT2D eigenvalue weighted by atomic mass is 10.4. The highest BCUT2D eigenvalue weighted by Gasteiger charge is 2.26. The molecule has 1 heterocycles. The topological polar surface area (TPSA) is 37.4 Å². The van der Waals surface area contributed by atoms with E-state index in [-0.39, 0.29) is 0 Å². The van der Waals surface area contributed by atoms with Crippen LogP contribution in [-0.4, -0.2) is 42.6 Å². The molecular formula is C8H17NO2S2. The van der Waals surface area contributed by atoms with Crippen LogP contribution in [0.1, 0.15) is 20.3 Å². The maximum atomic E-state index is 11.6. The van der Waals surface area contributed by atoms with Crippen LogP contribution in [0, 0.1) is 0 Å². The Morgan fingerprint density at radius 2 is 2.23 bits per heavy atom. The molecule has 1 saturated heterocycles. The first-order valence-corrected chi connectivity index (χ1v) is 7.31. The highest BCUT2D eigenvalue weighted by atomic mass is 32.2. The second kappa shape index (κ2) is 4.66. The first kappa shape index (κ1) is 11.3. The van der Waals surface area contributed by atoms with Crippen LogP contribution in [0.3, 0.4) is 0 Å². The molecule has 0 radical (unpaired) electrons. The second-order valence-corrected chi connectivity index (χ2v) is 6.99. The van der Waals surface area contributed by atoms with Gasteiger partial charge in [0.05, 0.1) is 5.75 Å². The Morgan fingerprint density at radius 1 is 1.54 bits per heavy atom. The molecule has 0 saturated carbocycles. The van der Waals surface area contributed by atoms with Gasteiger partial charge in [0.15, 0.2) is 0 Å². The Morgan fingerprint density at radius 3 is 2.77 bits per heavy atom. The molecular weight excluding hydrogens is 206 g/mol. The third-order valence-electron chi connectivity index (χ3n) is 2.06. The highest BCUT2D eigenvalue weighted by molar-refractivity contribution is 8.00. The Hall–Kier alpha value is 0.260. The molecule has 1 aliphatic rings. The second-order valence-electron chi connectivity index (χ2n) is 3.36. The number of thioether (sulfide) groups is 1. The van der Waals surface area contributed by atoms with E-state index < -0.39 is 10.0 Å². The van der Waals surface area contributed by atoms with Gasteiger partial charge in [-0.15, -0.1) is 0 Å². The smallest absolute Gasteiger partial charge is 0.212 e. The first-order chi connectivity index (χ1) is 6.06. The average molecular weight is 223 g/mol. The van der Waals surface area contributed by atoms with Crippen molar-refractivity contribution in [2.75, 3.05) is 24.6 Å². The zero-order valence-corrected chi connectivity index (χ0v) is 9.83. The summed E-state index contributed by atoms with van der Waals surface area (Å²) in [6.07, 6.45) is 0.709. The fourth-order valence-electron chi connectivity index (χ4n) is 1.43. The predicted octanol–water partition coefficient (Wildman–Crippen LogP) is 1.16. The summed E-state index contributed by atoms with van der Waals surface area (Å²) in [5, 5.41) is 0.445. The van der Waals surface area contributed by atoms with Crippen LogP contribution < -0.4 is 0 Å². The number of hydrogen-bond acceptors (Lipinski definition) is 3. The van der Waals surface area contributed by atoms with E-state index >= 15 is 0 Å². The summed E-state index contributed by atoms with van der Waals surface area (Å²) < 4.78 is 24.9. The van der Waals surface area contributed by atoms with Gasteiger partial charge in [0, 0.05) is 24.1 Å². The summed E-state index contributed by atoms with van der Waals surface area (Å²) >= 11 is 1.85. The van der Waals surface area contributed by atoms with Gasteiger partial charge in [-0.05, 0) is 6.42 Å². The number of rotatable bonds is 3. The molecule has 0 bridgehead atoms. The van der Waals surface area contributed by atoms with Crippen molar-refractivity contribution in [1.29, 1.82) is 0 Å². The monoisotopic (exact) mass is 223 g/mol. The molecule has 1 rings (SSSR count). The molecule has 5 heteroatoms. The molecule has 1 aliphatic heterocycles. The van der Waals surface area contributed by atoms with Crippen LogP contribution >= 0.6 is 11.8 Å². The molecule has 0 aliphatic carbocycles.